The van der Waals surface area contributed by atoms with E-state index in [0.717, 1.165) is 29.6 Å². The Morgan fingerprint density at radius 2 is 1.73 bits per heavy atom. The van der Waals surface area contributed by atoms with Crippen molar-refractivity contribution in [3.63, 3.8) is 0 Å². The van der Waals surface area contributed by atoms with Crippen LogP contribution >= 0.6 is 0 Å². The van der Waals surface area contributed by atoms with Gasteiger partial charge in [0.25, 0.3) is 0 Å². The summed E-state index contributed by atoms with van der Waals surface area (Å²) in [5.74, 6) is 1.10. The van der Waals surface area contributed by atoms with E-state index in [0.29, 0.717) is 31.0 Å². The summed E-state index contributed by atoms with van der Waals surface area (Å²) in [4.78, 5) is 24.5. The maximum absolute atomic E-state index is 12.5. The second-order valence-corrected chi connectivity index (χ2v) is 7.04. The first-order valence-electron chi connectivity index (χ1n) is 8.37. The first kappa shape index (κ1) is 18.6. The van der Waals surface area contributed by atoms with Gasteiger partial charge < -0.3 is 0 Å². The van der Waals surface area contributed by atoms with Crippen molar-refractivity contribution < 1.29 is 9.59 Å². The van der Waals surface area contributed by atoms with Gasteiger partial charge in [-0.3, -0.25) is 9.59 Å². The fraction of sp³-hybridized carbons (Fsp3) is 0.600. The number of hydrogen-bond acceptors (Lipinski definition) is 2. The Morgan fingerprint density at radius 1 is 1.05 bits per heavy atom. The van der Waals surface area contributed by atoms with E-state index in [2.05, 4.69) is 13.0 Å². The highest BCUT2D eigenvalue weighted by Crippen LogP contribution is 2.20. The van der Waals surface area contributed by atoms with Gasteiger partial charge in [0.1, 0.15) is 5.78 Å². The molecule has 0 fully saturated rings. The lowest BCUT2D eigenvalue weighted by Crippen LogP contribution is -2.10. The van der Waals surface area contributed by atoms with E-state index in [1.807, 2.05) is 39.8 Å². The Morgan fingerprint density at radius 3 is 2.36 bits per heavy atom. The molecule has 0 spiro atoms. The first-order valence-corrected chi connectivity index (χ1v) is 8.37. The largest absolute Gasteiger partial charge is 0.299 e. The molecule has 0 bridgehead atoms. The van der Waals surface area contributed by atoms with Crippen LogP contribution in [0.4, 0.5) is 0 Å². The molecule has 122 valence electrons. The Bertz CT molecular complexity index is 504. The van der Waals surface area contributed by atoms with Crippen molar-refractivity contribution in [2.75, 3.05) is 0 Å². The van der Waals surface area contributed by atoms with E-state index in [1.54, 1.807) is 0 Å². The van der Waals surface area contributed by atoms with Crippen molar-refractivity contribution in [2.24, 2.45) is 11.8 Å². The smallest absolute Gasteiger partial charge is 0.163 e. The number of allylic oxidation sites excluding steroid dienone is 6. The molecule has 0 aromatic heterocycles. The number of carbonyl (C=O) groups excluding carboxylic acids is 2. The van der Waals surface area contributed by atoms with Crippen LogP contribution in [0.5, 0.6) is 0 Å². The molecule has 1 aliphatic rings. The predicted molar refractivity (Wildman–Crippen MR) is 92.7 cm³/mol. The second kappa shape index (κ2) is 8.87. The summed E-state index contributed by atoms with van der Waals surface area (Å²) < 4.78 is 0. The predicted octanol–water partition coefficient (Wildman–Crippen LogP) is 5.20. The maximum atomic E-state index is 12.5. The lowest BCUT2D eigenvalue weighted by molar-refractivity contribution is -0.119. The lowest BCUT2D eigenvalue weighted by Gasteiger charge is -2.13. The van der Waals surface area contributed by atoms with Crippen LogP contribution in [-0.4, -0.2) is 11.6 Å². The Balaban J connectivity index is 3.06. The summed E-state index contributed by atoms with van der Waals surface area (Å²) >= 11 is 0. The molecule has 22 heavy (non-hydrogen) atoms. The summed E-state index contributed by atoms with van der Waals surface area (Å²) in [6.45, 7) is 10.2. The van der Waals surface area contributed by atoms with Crippen LogP contribution in [0.2, 0.25) is 0 Å². The minimum atomic E-state index is 0.198. The standard InChI is InChI=1S/C20H30O2/c1-14(2)19-10-9-17(5)12-18(21)11-15(3)7-6-8-16(4)13-20(19)22/h8-10,14-15H,6-7,11-13H2,1-5H3/b16-8+,17-9+,19-10-. The van der Waals surface area contributed by atoms with Crippen LogP contribution in [0.25, 0.3) is 0 Å². The van der Waals surface area contributed by atoms with Crippen molar-refractivity contribution >= 4 is 11.6 Å². The van der Waals surface area contributed by atoms with Gasteiger partial charge in [0.15, 0.2) is 5.78 Å². The average Bonchev–Trinajstić information content (AvgIpc) is 2.36. The topological polar surface area (TPSA) is 34.1 Å². The van der Waals surface area contributed by atoms with Crippen LogP contribution in [0.1, 0.15) is 66.7 Å². The van der Waals surface area contributed by atoms with Gasteiger partial charge in [0.2, 0.25) is 0 Å². The van der Waals surface area contributed by atoms with Gasteiger partial charge in [-0.2, -0.15) is 0 Å². The normalized spacial score (nSPS) is 29.9. The Labute approximate surface area is 135 Å². The molecule has 0 aliphatic heterocycles. The van der Waals surface area contributed by atoms with Crippen LogP contribution in [0.3, 0.4) is 0 Å². The third-order valence-corrected chi connectivity index (χ3v) is 4.14. The third-order valence-electron chi connectivity index (χ3n) is 4.14. The third kappa shape index (κ3) is 6.55. The molecule has 2 nitrogen and oxygen atoms in total. The zero-order valence-corrected chi connectivity index (χ0v) is 14.7. The molecule has 0 aromatic rings. The molecule has 0 aromatic carbocycles. The zero-order valence-electron chi connectivity index (χ0n) is 14.7. The van der Waals surface area contributed by atoms with Crippen LogP contribution < -0.4 is 0 Å². The highest BCUT2D eigenvalue weighted by Gasteiger charge is 2.14. The van der Waals surface area contributed by atoms with E-state index in [4.69, 9.17) is 0 Å². The van der Waals surface area contributed by atoms with Gasteiger partial charge in [0.05, 0.1) is 0 Å². The van der Waals surface area contributed by atoms with E-state index in [1.165, 1.54) is 0 Å². The fourth-order valence-corrected chi connectivity index (χ4v) is 2.81. The van der Waals surface area contributed by atoms with Crippen LogP contribution in [0.15, 0.2) is 34.9 Å². The van der Waals surface area contributed by atoms with Crippen molar-refractivity contribution in [1.82, 2.24) is 0 Å². The minimum absolute atomic E-state index is 0.198. The van der Waals surface area contributed by atoms with Crippen molar-refractivity contribution in [3.05, 3.63) is 34.9 Å². The Kier molecular flexibility index (Phi) is 7.50. The summed E-state index contributed by atoms with van der Waals surface area (Å²) in [7, 11) is 0. The highest BCUT2D eigenvalue weighted by atomic mass is 16.1. The number of rotatable bonds is 1. The van der Waals surface area contributed by atoms with Gasteiger partial charge >= 0.3 is 0 Å². The summed E-state index contributed by atoms with van der Waals surface area (Å²) in [5, 5.41) is 0. The van der Waals surface area contributed by atoms with Crippen LogP contribution in [0, 0.1) is 11.8 Å². The molecule has 0 radical (unpaired) electrons. The maximum Gasteiger partial charge on any atom is 0.163 e. The minimum Gasteiger partial charge on any atom is -0.299 e. The van der Waals surface area contributed by atoms with Crippen molar-refractivity contribution in [2.45, 2.75) is 66.7 Å². The quantitative estimate of drug-likeness (QED) is 0.624. The molecule has 1 rings (SSSR count). The van der Waals surface area contributed by atoms with E-state index in [-0.39, 0.29) is 11.7 Å². The van der Waals surface area contributed by atoms with Gasteiger partial charge in [-0.15, -0.1) is 0 Å². The zero-order chi connectivity index (χ0) is 16.7. The number of Topliss-reactive ketones (excluding diaryl/α,β-unsaturated/α-hetero) is 2. The van der Waals surface area contributed by atoms with Gasteiger partial charge in [-0.05, 0) is 44.1 Å². The van der Waals surface area contributed by atoms with Gasteiger partial charge in [-0.25, -0.2) is 0 Å². The fourth-order valence-electron chi connectivity index (χ4n) is 2.81. The monoisotopic (exact) mass is 302 g/mol. The molecular weight excluding hydrogens is 272 g/mol. The molecular formula is C20H30O2. The molecule has 2 heteroatoms. The van der Waals surface area contributed by atoms with E-state index in [9.17, 15) is 9.59 Å². The molecule has 0 saturated heterocycles. The highest BCUT2D eigenvalue weighted by molar-refractivity contribution is 5.97. The first-order chi connectivity index (χ1) is 10.3. The molecule has 0 heterocycles. The van der Waals surface area contributed by atoms with E-state index < -0.39 is 0 Å². The van der Waals surface area contributed by atoms with E-state index >= 15 is 0 Å². The second-order valence-electron chi connectivity index (χ2n) is 7.04. The van der Waals surface area contributed by atoms with Crippen LogP contribution in [-0.2, 0) is 9.59 Å². The SMILES string of the molecule is C/C1=C\C=C(\C(C)C)C(=O)C/C(C)=C/CCC(C)CC(=O)C1. The molecule has 0 N–H and O–H groups in total. The Hall–Kier alpha value is -1.44. The van der Waals surface area contributed by atoms with Crippen molar-refractivity contribution in [1.29, 1.82) is 0 Å². The molecule has 0 saturated carbocycles. The van der Waals surface area contributed by atoms with Crippen molar-refractivity contribution in [3.8, 4) is 0 Å². The number of ketones is 2. The summed E-state index contributed by atoms with van der Waals surface area (Å²) in [5.41, 5.74) is 3.02. The molecule has 1 unspecified atom stereocenters. The molecule has 1 aliphatic carbocycles. The lowest BCUT2D eigenvalue weighted by atomic mass is 9.91. The molecule has 1 atom stereocenters. The summed E-state index contributed by atoms with van der Waals surface area (Å²) in [6.07, 6.45) is 9.62. The number of hydrogen-bond donors (Lipinski definition) is 0. The average molecular weight is 302 g/mol. The molecule has 0 amide bonds. The van der Waals surface area contributed by atoms with Gasteiger partial charge in [0, 0.05) is 19.3 Å². The summed E-state index contributed by atoms with van der Waals surface area (Å²) in [6, 6.07) is 0. The van der Waals surface area contributed by atoms with Gasteiger partial charge in [-0.1, -0.05) is 50.1 Å². The number of carbonyl (C=O) groups is 2.